The van der Waals surface area contributed by atoms with E-state index in [1.54, 1.807) is 16.8 Å². The maximum Gasteiger partial charge on any atom is 0.251 e. The van der Waals surface area contributed by atoms with E-state index in [4.69, 9.17) is 5.73 Å². The van der Waals surface area contributed by atoms with Gasteiger partial charge in [0.1, 0.15) is 0 Å². The summed E-state index contributed by atoms with van der Waals surface area (Å²) in [5, 5.41) is 0. The Morgan fingerprint density at radius 2 is 1.78 bits per heavy atom. The fourth-order valence-electron chi connectivity index (χ4n) is 1.89. The van der Waals surface area contributed by atoms with Crippen molar-refractivity contribution in [3.63, 3.8) is 0 Å². The third-order valence-corrected chi connectivity index (χ3v) is 3.16. The number of aromatic nitrogens is 1. The summed E-state index contributed by atoms with van der Waals surface area (Å²) in [7, 11) is 0. The molecule has 0 radical (unpaired) electrons. The summed E-state index contributed by atoms with van der Waals surface area (Å²) < 4.78 is 1.64. The Balaban J connectivity index is 2.28. The molecular formula is C15H18N2O. The number of nitrogens with two attached hydrogens (primary N) is 1. The van der Waals surface area contributed by atoms with E-state index in [9.17, 15) is 4.79 Å². The zero-order valence-corrected chi connectivity index (χ0v) is 10.8. The second-order valence-electron chi connectivity index (χ2n) is 4.55. The molecule has 18 heavy (non-hydrogen) atoms. The molecule has 1 aromatic heterocycles. The van der Waals surface area contributed by atoms with E-state index in [2.05, 4.69) is 31.2 Å². The third kappa shape index (κ3) is 2.62. The number of anilines is 1. The third-order valence-electron chi connectivity index (χ3n) is 3.16. The SMILES string of the molecule is CCc1ccc(Cn2cc(N)c(C)cc2=O)cc1. The Morgan fingerprint density at radius 3 is 2.39 bits per heavy atom. The number of aryl methyl sites for hydroxylation is 2. The van der Waals surface area contributed by atoms with Crippen LogP contribution in [0.25, 0.3) is 0 Å². The lowest BCUT2D eigenvalue weighted by atomic mass is 10.1. The Bertz CT molecular complexity index is 597. The number of hydrogen-bond acceptors (Lipinski definition) is 2. The average molecular weight is 242 g/mol. The zero-order valence-electron chi connectivity index (χ0n) is 10.8. The van der Waals surface area contributed by atoms with Crippen LogP contribution in [0.5, 0.6) is 0 Å². The molecule has 94 valence electrons. The van der Waals surface area contributed by atoms with Gasteiger partial charge in [-0.15, -0.1) is 0 Å². The van der Waals surface area contributed by atoms with Crippen LogP contribution in [0.1, 0.15) is 23.6 Å². The molecular weight excluding hydrogens is 224 g/mol. The number of benzene rings is 1. The molecule has 0 unspecified atom stereocenters. The first-order valence-electron chi connectivity index (χ1n) is 6.14. The van der Waals surface area contributed by atoms with Crippen LogP contribution in [-0.4, -0.2) is 4.57 Å². The Kier molecular flexibility index (Phi) is 3.51. The molecule has 2 rings (SSSR count). The number of pyridine rings is 1. The minimum Gasteiger partial charge on any atom is -0.397 e. The van der Waals surface area contributed by atoms with Crippen molar-refractivity contribution in [3.05, 3.63) is 63.6 Å². The van der Waals surface area contributed by atoms with Crippen LogP contribution in [0, 0.1) is 6.92 Å². The molecule has 2 aromatic rings. The van der Waals surface area contributed by atoms with E-state index in [0.717, 1.165) is 17.5 Å². The molecule has 0 aliphatic heterocycles. The molecule has 0 aliphatic rings. The lowest BCUT2D eigenvalue weighted by molar-refractivity contribution is 0.759. The molecule has 1 aromatic carbocycles. The van der Waals surface area contributed by atoms with Gasteiger partial charge >= 0.3 is 0 Å². The van der Waals surface area contributed by atoms with Crippen molar-refractivity contribution in [1.82, 2.24) is 4.57 Å². The van der Waals surface area contributed by atoms with E-state index in [1.807, 2.05) is 6.92 Å². The first-order chi connectivity index (χ1) is 8.60. The molecule has 3 nitrogen and oxygen atoms in total. The van der Waals surface area contributed by atoms with Crippen molar-refractivity contribution in [2.45, 2.75) is 26.8 Å². The summed E-state index contributed by atoms with van der Waals surface area (Å²) in [6.07, 6.45) is 2.74. The highest BCUT2D eigenvalue weighted by Crippen LogP contribution is 2.09. The van der Waals surface area contributed by atoms with Gasteiger partial charge in [0.2, 0.25) is 0 Å². The molecule has 0 saturated heterocycles. The average Bonchev–Trinajstić information content (AvgIpc) is 2.37. The van der Waals surface area contributed by atoms with E-state index >= 15 is 0 Å². The first-order valence-corrected chi connectivity index (χ1v) is 6.14. The highest BCUT2D eigenvalue weighted by molar-refractivity contribution is 5.43. The van der Waals surface area contributed by atoms with Crippen LogP contribution < -0.4 is 11.3 Å². The highest BCUT2D eigenvalue weighted by atomic mass is 16.1. The van der Waals surface area contributed by atoms with Crippen molar-refractivity contribution in [3.8, 4) is 0 Å². The molecule has 1 heterocycles. The van der Waals surface area contributed by atoms with Crippen molar-refractivity contribution in [2.24, 2.45) is 0 Å². The second-order valence-corrected chi connectivity index (χ2v) is 4.55. The summed E-state index contributed by atoms with van der Waals surface area (Å²) in [5.41, 5.74) is 9.71. The van der Waals surface area contributed by atoms with Crippen molar-refractivity contribution >= 4 is 5.69 Å². The molecule has 0 amide bonds. The fourth-order valence-corrected chi connectivity index (χ4v) is 1.89. The lowest BCUT2D eigenvalue weighted by Crippen LogP contribution is -2.20. The van der Waals surface area contributed by atoms with Crippen LogP contribution in [0.4, 0.5) is 5.69 Å². The monoisotopic (exact) mass is 242 g/mol. The predicted molar refractivity (Wildman–Crippen MR) is 74.8 cm³/mol. The summed E-state index contributed by atoms with van der Waals surface area (Å²) in [6, 6.07) is 9.88. The predicted octanol–water partition coefficient (Wildman–Crippen LogP) is 2.35. The largest absolute Gasteiger partial charge is 0.397 e. The van der Waals surface area contributed by atoms with Crippen molar-refractivity contribution < 1.29 is 0 Å². The van der Waals surface area contributed by atoms with Crippen LogP contribution >= 0.6 is 0 Å². The van der Waals surface area contributed by atoms with E-state index < -0.39 is 0 Å². The summed E-state index contributed by atoms with van der Waals surface area (Å²) in [4.78, 5) is 11.8. The van der Waals surface area contributed by atoms with Crippen LogP contribution in [0.2, 0.25) is 0 Å². The van der Waals surface area contributed by atoms with Gasteiger partial charge < -0.3 is 10.3 Å². The Morgan fingerprint density at radius 1 is 1.17 bits per heavy atom. The van der Waals surface area contributed by atoms with Gasteiger partial charge in [-0.3, -0.25) is 4.79 Å². The van der Waals surface area contributed by atoms with Crippen molar-refractivity contribution in [1.29, 1.82) is 0 Å². The van der Waals surface area contributed by atoms with Gasteiger partial charge in [0.05, 0.1) is 12.2 Å². The van der Waals surface area contributed by atoms with Crippen LogP contribution in [0.15, 0.2) is 41.3 Å². The highest BCUT2D eigenvalue weighted by Gasteiger charge is 2.02. The minimum absolute atomic E-state index is 0.0127. The fraction of sp³-hybridized carbons (Fsp3) is 0.267. The molecule has 0 bridgehead atoms. The molecule has 0 spiro atoms. The van der Waals surface area contributed by atoms with Gasteiger partial charge in [-0.1, -0.05) is 31.2 Å². The number of nitrogen functional groups attached to an aromatic ring is 1. The number of nitrogens with zero attached hydrogens (tertiary/aromatic N) is 1. The maximum atomic E-state index is 11.8. The van der Waals surface area contributed by atoms with Gasteiger partial charge in [-0.2, -0.15) is 0 Å². The summed E-state index contributed by atoms with van der Waals surface area (Å²) >= 11 is 0. The zero-order chi connectivity index (χ0) is 13.1. The second kappa shape index (κ2) is 5.08. The summed E-state index contributed by atoms with van der Waals surface area (Å²) in [5.74, 6) is 0. The van der Waals surface area contributed by atoms with Gasteiger partial charge in [0.15, 0.2) is 0 Å². The standard InChI is InChI=1S/C15H18N2O/c1-3-12-4-6-13(7-5-12)9-17-10-14(16)11(2)8-15(17)18/h4-8,10H,3,9,16H2,1-2H3. The first kappa shape index (κ1) is 12.4. The van der Waals surface area contributed by atoms with Gasteiger partial charge in [0.25, 0.3) is 5.56 Å². The quantitative estimate of drug-likeness (QED) is 0.898. The topological polar surface area (TPSA) is 48.0 Å². The summed E-state index contributed by atoms with van der Waals surface area (Å²) in [6.45, 7) is 4.53. The molecule has 0 atom stereocenters. The molecule has 0 saturated carbocycles. The molecule has 0 aliphatic carbocycles. The number of hydrogen-bond donors (Lipinski definition) is 1. The number of rotatable bonds is 3. The van der Waals surface area contributed by atoms with Crippen LogP contribution in [-0.2, 0) is 13.0 Å². The molecule has 2 N–H and O–H groups in total. The smallest absolute Gasteiger partial charge is 0.251 e. The molecule has 0 fully saturated rings. The lowest BCUT2D eigenvalue weighted by Gasteiger charge is -2.09. The maximum absolute atomic E-state index is 11.8. The minimum atomic E-state index is -0.0127. The normalized spacial score (nSPS) is 10.6. The van der Waals surface area contributed by atoms with Gasteiger partial charge in [0, 0.05) is 12.3 Å². The van der Waals surface area contributed by atoms with Gasteiger partial charge in [-0.25, -0.2) is 0 Å². The Hall–Kier alpha value is -2.03. The van der Waals surface area contributed by atoms with E-state index in [-0.39, 0.29) is 5.56 Å². The van der Waals surface area contributed by atoms with E-state index in [0.29, 0.717) is 12.2 Å². The van der Waals surface area contributed by atoms with Crippen molar-refractivity contribution in [2.75, 3.05) is 5.73 Å². The molecule has 3 heteroatoms. The van der Waals surface area contributed by atoms with Gasteiger partial charge in [-0.05, 0) is 30.0 Å². The van der Waals surface area contributed by atoms with E-state index in [1.165, 1.54) is 5.56 Å². The van der Waals surface area contributed by atoms with Crippen LogP contribution in [0.3, 0.4) is 0 Å². The Labute approximate surface area is 107 Å².